The number of aromatic nitrogens is 2. The molecule has 1 aliphatic heterocycles. The third-order valence-corrected chi connectivity index (χ3v) is 5.53. The van der Waals surface area contributed by atoms with Gasteiger partial charge in [-0.15, -0.1) is 0 Å². The number of anilines is 2. The zero-order chi connectivity index (χ0) is 22.6. The van der Waals surface area contributed by atoms with Gasteiger partial charge in [-0.2, -0.15) is 13.2 Å². The summed E-state index contributed by atoms with van der Waals surface area (Å²) in [6.07, 6.45) is -2.93. The minimum Gasteiger partial charge on any atom is -0.378 e. The van der Waals surface area contributed by atoms with Gasteiger partial charge in [0.25, 0.3) is 5.56 Å². The van der Waals surface area contributed by atoms with Crippen LogP contribution in [-0.2, 0) is 22.1 Å². The Morgan fingerprint density at radius 3 is 2.65 bits per heavy atom. The monoisotopic (exact) mass is 456 g/mol. The van der Waals surface area contributed by atoms with E-state index in [9.17, 15) is 22.8 Å². The zero-order valence-corrected chi connectivity index (χ0v) is 18.0. The lowest BCUT2D eigenvalue weighted by atomic mass is 10.1. The van der Waals surface area contributed by atoms with Gasteiger partial charge in [0.15, 0.2) is 5.16 Å². The van der Waals surface area contributed by atoms with E-state index in [1.54, 1.807) is 19.2 Å². The van der Waals surface area contributed by atoms with E-state index >= 15 is 0 Å². The first kappa shape index (κ1) is 23.1. The number of amides is 1. The Labute approximate surface area is 181 Å². The van der Waals surface area contributed by atoms with E-state index in [1.807, 2.05) is 4.90 Å². The number of aromatic amines is 1. The number of hydrogen-bond donors (Lipinski definition) is 2. The lowest BCUT2D eigenvalue weighted by Crippen LogP contribution is -2.36. The highest BCUT2D eigenvalue weighted by molar-refractivity contribution is 7.98. The molecular weight excluding hydrogens is 433 g/mol. The van der Waals surface area contributed by atoms with Gasteiger partial charge in [0.05, 0.1) is 24.5 Å². The number of aryl methyl sites for hydroxylation is 1. The number of halogens is 3. The average molecular weight is 456 g/mol. The molecule has 3 rings (SSSR count). The number of hydrogen-bond acceptors (Lipinski definition) is 6. The predicted octanol–water partition coefficient (Wildman–Crippen LogP) is 3.23. The van der Waals surface area contributed by atoms with Gasteiger partial charge in [0.1, 0.15) is 0 Å². The van der Waals surface area contributed by atoms with Crippen LogP contribution in [0.5, 0.6) is 0 Å². The van der Waals surface area contributed by atoms with Gasteiger partial charge in [-0.25, -0.2) is 4.98 Å². The molecule has 2 heterocycles. The van der Waals surface area contributed by atoms with Crippen LogP contribution in [0.2, 0.25) is 0 Å². The minimum atomic E-state index is -4.63. The molecule has 1 amide bonds. The molecule has 2 N–H and O–H groups in total. The van der Waals surface area contributed by atoms with Gasteiger partial charge < -0.3 is 19.9 Å². The van der Waals surface area contributed by atoms with Crippen LogP contribution in [0.15, 0.2) is 28.2 Å². The Bertz CT molecular complexity index is 1000. The number of ether oxygens (including phenoxy) is 1. The van der Waals surface area contributed by atoms with Crippen molar-refractivity contribution in [3.05, 3.63) is 45.4 Å². The van der Waals surface area contributed by atoms with Crippen LogP contribution in [0.25, 0.3) is 0 Å². The second kappa shape index (κ2) is 9.73. The van der Waals surface area contributed by atoms with Crippen molar-refractivity contribution in [3.63, 3.8) is 0 Å². The quantitative estimate of drug-likeness (QED) is 0.513. The summed E-state index contributed by atoms with van der Waals surface area (Å²) in [6.45, 7) is 3.56. The number of alkyl halides is 3. The fourth-order valence-electron chi connectivity index (χ4n) is 3.32. The van der Waals surface area contributed by atoms with Crippen LogP contribution in [0.3, 0.4) is 0 Å². The van der Waals surface area contributed by atoms with Gasteiger partial charge in [0.2, 0.25) is 5.91 Å². The summed E-state index contributed by atoms with van der Waals surface area (Å²) in [6, 6.07) is 3.86. The van der Waals surface area contributed by atoms with E-state index in [0.29, 0.717) is 48.4 Å². The molecule has 11 heteroatoms. The third-order valence-electron chi connectivity index (χ3n) is 4.95. The fourth-order valence-corrected chi connectivity index (χ4v) is 3.74. The number of thioether (sulfide) groups is 1. The van der Waals surface area contributed by atoms with Gasteiger partial charge >= 0.3 is 6.18 Å². The Morgan fingerprint density at radius 1 is 1.32 bits per heavy atom. The van der Waals surface area contributed by atoms with Crippen LogP contribution in [0.1, 0.15) is 23.2 Å². The number of H-pyrrole nitrogens is 1. The first-order valence-electron chi connectivity index (χ1n) is 9.66. The number of benzene rings is 1. The maximum absolute atomic E-state index is 13.6. The molecule has 0 saturated carbocycles. The third kappa shape index (κ3) is 5.79. The lowest BCUT2D eigenvalue weighted by molar-refractivity contribution is -0.136. The Kier molecular flexibility index (Phi) is 7.26. The minimum absolute atomic E-state index is 0.0713. The lowest BCUT2D eigenvalue weighted by Gasteiger charge is -2.29. The van der Waals surface area contributed by atoms with Gasteiger partial charge in [-0.05, 0) is 37.8 Å². The normalized spacial score (nSPS) is 14.5. The molecule has 1 saturated heterocycles. The number of carbonyl (C=O) groups excluding carboxylic acids is 1. The average Bonchev–Trinajstić information content (AvgIpc) is 2.73. The fraction of sp³-hybridized carbons (Fsp3) is 0.450. The molecule has 0 radical (unpaired) electrons. The van der Waals surface area contributed by atoms with Crippen molar-refractivity contribution < 1.29 is 22.7 Å². The summed E-state index contributed by atoms with van der Waals surface area (Å²) in [5.74, 6) is -0.614. The van der Waals surface area contributed by atoms with Crippen LogP contribution in [0, 0.1) is 6.92 Å². The van der Waals surface area contributed by atoms with Crippen molar-refractivity contribution in [3.8, 4) is 0 Å². The molecule has 0 unspecified atom stereocenters. The van der Waals surface area contributed by atoms with Gasteiger partial charge in [0, 0.05) is 36.5 Å². The number of carbonyl (C=O) groups is 1. The summed E-state index contributed by atoms with van der Waals surface area (Å²) in [7, 11) is 0. The summed E-state index contributed by atoms with van der Waals surface area (Å²) < 4.78 is 46.1. The topological polar surface area (TPSA) is 87.3 Å². The number of nitrogens with one attached hydrogen (secondary N) is 2. The predicted molar refractivity (Wildman–Crippen MR) is 113 cm³/mol. The van der Waals surface area contributed by atoms with Crippen molar-refractivity contribution in [1.82, 2.24) is 9.97 Å². The standard InChI is InChI=1S/C20H23F3N4O3S/c1-12-14(18(29)26-19(24-12)31-2)4-6-17(28)25-16-5-3-13(11-15(16)20(21,22)23)27-7-9-30-10-8-27/h3,5,11H,4,6-10H2,1-2H3,(H,25,28)(H,24,26,29). The van der Waals surface area contributed by atoms with Crippen molar-refractivity contribution >= 4 is 29.0 Å². The molecular formula is C20H23F3N4O3S. The molecule has 7 nitrogen and oxygen atoms in total. The second-order valence-electron chi connectivity index (χ2n) is 7.01. The SMILES string of the molecule is CSc1nc(C)c(CCC(=O)Nc2ccc(N3CCOCC3)cc2C(F)(F)F)c(=O)[nH]1. The summed E-state index contributed by atoms with van der Waals surface area (Å²) >= 11 is 1.28. The second-order valence-corrected chi connectivity index (χ2v) is 7.81. The van der Waals surface area contributed by atoms with Gasteiger partial charge in [-0.1, -0.05) is 11.8 Å². The van der Waals surface area contributed by atoms with Crippen molar-refractivity contribution in [2.75, 3.05) is 42.8 Å². The maximum Gasteiger partial charge on any atom is 0.418 e. The Hall–Kier alpha value is -2.53. The highest BCUT2D eigenvalue weighted by atomic mass is 32.2. The van der Waals surface area contributed by atoms with Crippen molar-refractivity contribution in [2.24, 2.45) is 0 Å². The van der Waals surface area contributed by atoms with Crippen molar-refractivity contribution in [2.45, 2.75) is 31.1 Å². The van der Waals surface area contributed by atoms with E-state index in [4.69, 9.17) is 4.74 Å². The van der Waals surface area contributed by atoms with Crippen LogP contribution in [-0.4, -0.2) is 48.4 Å². The molecule has 0 spiro atoms. The van der Waals surface area contributed by atoms with E-state index in [2.05, 4.69) is 15.3 Å². The number of nitrogens with zero attached hydrogens (tertiary/aromatic N) is 2. The highest BCUT2D eigenvalue weighted by Crippen LogP contribution is 2.37. The highest BCUT2D eigenvalue weighted by Gasteiger charge is 2.35. The molecule has 0 aliphatic carbocycles. The van der Waals surface area contributed by atoms with E-state index in [-0.39, 0.29) is 24.1 Å². The van der Waals surface area contributed by atoms with Crippen LogP contribution in [0.4, 0.5) is 24.5 Å². The molecule has 0 atom stereocenters. The largest absolute Gasteiger partial charge is 0.418 e. The van der Waals surface area contributed by atoms with E-state index in [0.717, 1.165) is 6.07 Å². The first-order valence-corrected chi connectivity index (χ1v) is 10.9. The summed E-state index contributed by atoms with van der Waals surface area (Å²) in [5.41, 5.74) is -0.314. The molecule has 2 aromatic rings. The number of rotatable bonds is 6. The Morgan fingerprint density at radius 2 is 2.03 bits per heavy atom. The zero-order valence-electron chi connectivity index (χ0n) is 17.1. The molecule has 168 valence electrons. The van der Waals surface area contributed by atoms with E-state index in [1.165, 1.54) is 17.8 Å². The smallest absolute Gasteiger partial charge is 0.378 e. The summed E-state index contributed by atoms with van der Waals surface area (Å²) in [4.78, 5) is 33.2. The van der Waals surface area contributed by atoms with Gasteiger partial charge in [-0.3, -0.25) is 9.59 Å². The molecule has 1 fully saturated rings. The Balaban J connectivity index is 1.74. The van der Waals surface area contributed by atoms with Crippen LogP contribution >= 0.6 is 11.8 Å². The maximum atomic E-state index is 13.6. The first-order chi connectivity index (χ1) is 14.7. The molecule has 31 heavy (non-hydrogen) atoms. The van der Waals surface area contributed by atoms with Crippen LogP contribution < -0.4 is 15.8 Å². The van der Waals surface area contributed by atoms with E-state index < -0.39 is 17.6 Å². The molecule has 1 aliphatic rings. The van der Waals surface area contributed by atoms with Crippen molar-refractivity contribution in [1.29, 1.82) is 0 Å². The number of morpholine rings is 1. The summed E-state index contributed by atoms with van der Waals surface area (Å²) in [5, 5.41) is 2.80. The molecule has 1 aromatic carbocycles. The molecule has 0 bridgehead atoms. The molecule has 1 aromatic heterocycles.